The topological polar surface area (TPSA) is 67.0 Å². The highest BCUT2D eigenvalue weighted by molar-refractivity contribution is 5.94. The lowest BCUT2D eigenvalue weighted by atomic mass is 10.1. The van der Waals surface area contributed by atoms with Gasteiger partial charge in [0.1, 0.15) is 5.82 Å². The van der Waals surface area contributed by atoms with E-state index >= 15 is 0 Å². The minimum Gasteiger partial charge on any atom is -0.374 e. The quantitative estimate of drug-likeness (QED) is 0.858. The molecule has 2 N–H and O–H groups in total. The Balaban J connectivity index is 1.93. The monoisotopic (exact) mass is 287 g/mol. The first-order chi connectivity index (χ1) is 10.1. The molecule has 0 saturated carbocycles. The third-order valence-electron chi connectivity index (χ3n) is 3.08. The molecule has 1 heterocycles. The number of carbonyl (C=O) groups is 1. The fourth-order valence-electron chi connectivity index (χ4n) is 1.88. The molecule has 0 spiro atoms. The first-order valence-electron chi connectivity index (χ1n) is 7.07. The number of rotatable bonds is 6. The molecule has 0 saturated heterocycles. The molecular weight excluding hydrogens is 266 g/mol. The van der Waals surface area contributed by atoms with Gasteiger partial charge in [-0.3, -0.25) is 4.79 Å². The van der Waals surface area contributed by atoms with Gasteiger partial charge in [0.15, 0.2) is 0 Å². The van der Waals surface area contributed by atoms with Crippen molar-refractivity contribution in [3.8, 4) is 0 Å². The van der Waals surface area contributed by atoms with E-state index in [1.165, 1.54) is 0 Å². The molecule has 1 aromatic heterocycles. The molecule has 0 aliphatic heterocycles. The minimum atomic E-state index is -0.156. The normalized spacial score (nSPS) is 12.4. The van der Waals surface area contributed by atoms with Crippen LogP contribution in [0.4, 0.5) is 0 Å². The number of nitrogens with one attached hydrogen (secondary N) is 2. The number of carbonyl (C=O) groups excluding carboxylic acids is 1. The van der Waals surface area contributed by atoms with E-state index in [0.29, 0.717) is 12.2 Å². The van der Waals surface area contributed by atoms with Crippen LogP contribution < -0.4 is 5.32 Å². The van der Waals surface area contributed by atoms with E-state index in [2.05, 4.69) is 15.3 Å². The van der Waals surface area contributed by atoms with E-state index in [1.54, 1.807) is 12.4 Å². The number of benzene rings is 1. The first kappa shape index (κ1) is 15.3. The molecule has 1 amide bonds. The summed E-state index contributed by atoms with van der Waals surface area (Å²) in [4.78, 5) is 19.3. The molecule has 21 heavy (non-hydrogen) atoms. The standard InChI is InChI=1S/C16H21N3O2/c1-11(2)21-10-13-4-6-14(7-5-13)16(20)19-12(3)15-17-8-9-18-15/h4-9,11-12H,10H2,1-3H3,(H,17,18)(H,19,20). The molecule has 1 atom stereocenters. The van der Waals surface area contributed by atoms with E-state index < -0.39 is 0 Å². The van der Waals surface area contributed by atoms with Crippen molar-refractivity contribution in [2.75, 3.05) is 0 Å². The highest BCUT2D eigenvalue weighted by Gasteiger charge is 2.12. The lowest BCUT2D eigenvalue weighted by Gasteiger charge is -2.12. The number of nitrogens with zero attached hydrogens (tertiary/aromatic N) is 1. The smallest absolute Gasteiger partial charge is 0.251 e. The lowest BCUT2D eigenvalue weighted by molar-refractivity contribution is 0.0656. The van der Waals surface area contributed by atoms with Gasteiger partial charge in [0.25, 0.3) is 5.91 Å². The summed E-state index contributed by atoms with van der Waals surface area (Å²) in [6, 6.07) is 7.28. The van der Waals surface area contributed by atoms with Crippen LogP contribution in [-0.4, -0.2) is 22.0 Å². The second-order valence-corrected chi connectivity index (χ2v) is 5.23. The third-order valence-corrected chi connectivity index (χ3v) is 3.08. The number of aromatic nitrogens is 2. The van der Waals surface area contributed by atoms with Gasteiger partial charge in [-0.1, -0.05) is 12.1 Å². The zero-order valence-corrected chi connectivity index (χ0v) is 12.6. The summed E-state index contributed by atoms with van der Waals surface area (Å²) in [5, 5.41) is 2.90. The largest absolute Gasteiger partial charge is 0.374 e. The van der Waals surface area contributed by atoms with Crippen molar-refractivity contribution < 1.29 is 9.53 Å². The van der Waals surface area contributed by atoms with Crippen LogP contribution in [0.2, 0.25) is 0 Å². The number of ether oxygens (including phenoxy) is 1. The summed E-state index contributed by atoms with van der Waals surface area (Å²) >= 11 is 0. The molecule has 0 bridgehead atoms. The van der Waals surface area contributed by atoms with Gasteiger partial charge >= 0.3 is 0 Å². The van der Waals surface area contributed by atoms with Crippen LogP contribution in [0.15, 0.2) is 36.7 Å². The van der Waals surface area contributed by atoms with Gasteiger partial charge in [-0.25, -0.2) is 4.98 Å². The second-order valence-electron chi connectivity index (χ2n) is 5.23. The summed E-state index contributed by atoms with van der Waals surface area (Å²) in [5.74, 6) is 0.625. The van der Waals surface area contributed by atoms with Crippen LogP contribution in [0.25, 0.3) is 0 Å². The molecule has 0 aliphatic rings. The molecule has 112 valence electrons. The number of aromatic amines is 1. The van der Waals surface area contributed by atoms with Crippen LogP contribution in [0.3, 0.4) is 0 Å². The summed E-state index contributed by atoms with van der Waals surface area (Å²) in [5.41, 5.74) is 1.68. The number of imidazole rings is 1. The van der Waals surface area contributed by atoms with Gasteiger partial charge in [-0.2, -0.15) is 0 Å². The number of hydrogen-bond donors (Lipinski definition) is 2. The van der Waals surface area contributed by atoms with Gasteiger partial charge in [0.05, 0.1) is 18.8 Å². The van der Waals surface area contributed by atoms with Crippen molar-refractivity contribution in [1.29, 1.82) is 0 Å². The first-order valence-corrected chi connectivity index (χ1v) is 7.07. The van der Waals surface area contributed by atoms with Crippen molar-refractivity contribution >= 4 is 5.91 Å². The van der Waals surface area contributed by atoms with Crippen LogP contribution in [0.1, 0.15) is 48.6 Å². The van der Waals surface area contributed by atoms with Crippen molar-refractivity contribution in [2.24, 2.45) is 0 Å². The number of hydrogen-bond acceptors (Lipinski definition) is 3. The molecule has 1 unspecified atom stereocenters. The van der Waals surface area contributed by atoms with E-state index in [0.717, 1.165) is 11.4 Å². The molecule has 0 aliphatic carbocycles. The Morgan fingerprint density at radius 1 is 1.29 bits per heavy atom. The maximum atomic E-state index is 12.1. The molecule has 0 radical (unpaired) electrons. The number of amides is 1. The van der Waals surface area contributed by atoms with Crippen molar-refractivity contribution in [3.05, 3.63) is 53.6 Å². The van der Waals surface area contributed by atoms with Crippen molar-refractivity contribution in [2.45, 2.75) is 39.5 Å². The maximum Gasteiger partial charge on any atom is 0.251 e. The van der Waals surface area contributed by atoms with Gasteiger partial charge in [0, 0.05) is 18.0 Å². The highest BCUT2D eigenvalue weighted by atomic mass is 16.5. The summed E-state index contributed by atoms with van der Waals surface area (Å²) in [6.07, 6.45) is 3.60. The van der Waals surface area contributed by atoms with Gasteiger partial charge < -0.3 is 15.0 Å². The van der Waals surface area contributed by atoms with Crippen molar-refractivity contribution in [3.63, 3.8) is 0 Å². The summed E-state index contributed by atoms with van der Waals surface area (Å²) in [6.45, 7) is 6.44. The molecular formula is C16H21N3O2. The molecule has 0 fully saturated rings. The zero-order valence-electron chi connectivity index (χ0n) is 12.6. The Morgan fingerprint density at radius 2 is 2.00 bits per heavy atom. The third kappa shape index (κ3) is 4.43. The van der Waals surface area contributed by atoms with Crippen LogP contribution in [0, 0.1) is 0 Å². The molecule has 1 aromatic carbocycles. The zero-order chi connectivity index (χ0) is 15.2. The van der Waals surface area contributed by atoms with Gasteiger partial charge in [-0.15, -0.1) is 0 Å². The predicted octanol–water partition coefficient (Wildman–Crippen LogP) is 2.83. The Hall–Kier alpha value is -2.14. The lowest BCUT2D eigenvalue weighted by Crippen LogP contribution is -2.27. The molecule has 2 rings (SSSR count). The Kier molecular flexibility index (Phi) is 5.11. The Morgan fingerprint density at radius 3 is 2.57 bits per heavy atom. The minimum absolute atomic E-state index is 0.116. The molecule has 2 aromatic rings. The average molecular weight is 287 g/mol. The van der Waals surface area contributed by atoms with Crippen LogP contribution in [-0.2, 0) is 11.3 Å². The van der Waals surface area contributed by atoms with Gasteiger partial charge in [0.2, 0.25) is 0 Å². The van der Waals surface area contributed by atoms with Crippen LogP contribution >= 0.6 is 0 Å². The van der Waals surface area contributed by atoms with Crippen LogP contribution in [0.5, 0.6) is 0 Å². The average Bonchev–Trinajstić information content (AvgIpc) is 3.00. The summed E-state index contributed by atoms with van der Waals surface area (Å²) < 4.78 is 5.53. The highest BCUT2D eigenvalue weighted by Crippen LogP contribution is 2.10. The SMILES string of the molecule is CC(C)OCc1ccc(C(=O)NC(C)c2ncc[nH]2)cc1. The fraction of sp³-hybridized carbons (Fsp3) is 0.375. The Labute approximate surface area is 124 Å². The van der Waals surface area contributed by atoms with Gasteiger partial charge in [-0.05, 0) is 38.5 Å². The van der Waals surface area contributed by atoms with E-state index in [9.17, 15) is 4.79 Å². The van der Waals surface area contributed by atoms with E-state index in [1.807, 2.05) is 45.0 Å². The predicted molar refractivity (Wildman–Crippen MR) is 80.8 cm³/mol. The summed E-state index contributed by atoms with van der Waals surface area (Å²) in [7, 11) is 0. The maximum absolute atomic E-state index is 12.1. The molecule has 5 nitrogen and oxygen atoms in total. The fourth-order valence-corrected chi connectivity index (χ4v) is 1.88. The second kappa shape index (κ2) is 7.04. The van der Waals surface area contributed by atoms with E-state index in [4.69, 9.17) is 4.74 Å². The molecule has 5 heteroatoms. The number of H-pyrrole nitrogens is 1. The van der Waals surface area contributed by atoms with Crippen molar-refractivity contribution in [1.82, 2.24) is 15.3 Å². The Bertz CT molecular complexity index is 562. The van der Waals surface area contributed by atoms with E-state index in [-0.39, 0.29) is 18.1 Å².